The molecule has 0 saturated heterocycles. The van der Waals surface area contributed by atoms with Gasteiger partial charge in [-0.25, -0.2) is 9.97 Å². The molecule has 2 rings (SSSR count). The van der Waals surface area contributed by atoms with Crippen molar-refractivity contribution in [1.29, 1.82) is 0 Å². The van der Waals surface area contributed by atoms with E-state index in [1.807, 2.05) is 12.4 Å². The van der Waals surface area contributed by atoms with Gasteiger partial charge in [-0.05, 0) is 26.0 Å². The monoisotopic (exact) mass is 202 g/mol. The molecule has 0 spiro atoms. The molecule has 2 heterocycles. The molecule has 0 aliphatic rings. The molecule has 0 bridgehead atoms. The molecule has 15 heavy (non-hydrogen) atoms. The van der Waals surface area contributed by atoms with Crippen LogP contribution in [0.3, 0.4) is 0 Å². The molecule has 0 aliphatic carbocycles. The van der Waals surface area contributed by atoms with Crippen molar-refractivity contribution in [2.75, 3.05) is 5.43 Å². The average Bonchev–Trinajstić information content (AvgIpc) is 2.58. The predicted molar refractivity (Wildman–Crippen MR) is 59.0 cm³/mol. The highest BCUT2D eigenvalue weighted by Gasteiger charge is 1.99. The maximum atomic E-state index is 3.97. The van der Waals surface area contributed by atoms with Gasteiger partial charge < -0.3 is 5.43 Å². The first kappa shape index (κ1) is 9.71. The van der Waals surface area contributed by atoms with Crippen LogP contribution in [0.1, 0.15) is 17.0 Å². The largest absolute Gasteiger partial charge is 0.321 e. The molecule has 0 saturated carbocycles. The summed E-state index contributed by atoms with van der Waals surface area (Å²) in [6.45, 7) is 4.88. The summed E-state index contributed by atoms with van der Waals surface area (Å²) in [5, 5.41) is 0. The lowest BCUT2D eigenvalue weighted by atomic mass is 10.3. The summed E-state index contributed by atoms with van der Waals surface area (Å²) in [4.78, 5) is 7.94. The van der Waals surface area contributed by atoms with Gasteiger partial charge in [0.05, 0.1) is 6.54 Å². The van der Waals surface area contributed by atoms with E-state index in [0.717, 1.165) is 12.1 Å². The van der Waals surface area contributed by atoms with Crippen molar-refractivity contribution in [3.63, 3.8) is 0 Å². The van der Waals surface area contributed by atoms with Crippen molar-refractivity contribution in [2.24, 2.45) is 0 Å². The second kappa shape index (κ2) is 4.13. The summed E-state index contributed by atoms with van der Waals surface area (Å²) in [7, 11) is 0. The molecule has 2 aromatic heterocycles. The van der Waals surface area contributed by atoms with Crippen molar-refractivity contribution in [2.45, 2.75) is 20.4 Å². The van der Waals surface area contributed by atoms with Gasteiger partial charge in [0.25, 0.3) is 0 Å². The van der Waals surface area contributed by atoms with E-state index in [4.69, 9.17) is 0 Å². The number of rotatable bonds is 3. The summed E-state index contributed by atoms with van der Waals surface area (Å²) >= 11 is 0. The van der Waals surface area contributed by atoms with Crippen LogP contribution in [0.2, 0.25) is 0 Å². The van der Waals surface area contributed by atoms with Gasteiger partial charge in [0.15, 0.2) is 0 Å². The van der Waals surface area contributed by atoms with E-state index in [2.05, 4.69) is 46.1 Å². The van der Waals surface area contributed by atoms with E-state index in [9.17, 15) is 0 Å². The van der Waals surface area contributed by atoms with E-state index in [-0.39, 0.29) is 0 Å². The molecular weight excluding hydrogens is 188 g/mol. The van der Waals surface area contributed by atoms with Crippen LogP contribution in [0.4, 0.5) is 0 Å². The van der Waals surface area contributed by atoms with Crippen LogP contribution < -0.4 is 5.43 Å². The molecule has 0 aromatic carbocycles. The van der Waals surface area contributed by atoms with E-state index in [1.54, 1.807) is 0 Å². The average molecular weight is 202 g/mol. The van der Waals surface area contributed by atoms with E-state index in [0.29, 0.717) is 0 Å². The van der Waals surface area contributed by atoms with Crippen molar-refractivity contribution in [3.05, 3.63) is 47.8 Å². The Hall–Kier alpha value is -1.84. The highest BCUT2D eigenvalue weighted by atomic mass is 15.4. The molecular formula is C11H14N4. The van der Waals surface area contributed by atoms with E-state index in [1.165, 1.54) is 17.7 Å². The summed E-state index contributed by atoms with van der Waals surface area (Å²) < 4.78 is 2.06. The topological polar surface area (TPSA) is 42.7 Å². The fourth-order valence-corrected chi connectivity index (χ4v) is 1.51. The minimum atomic E-state index is 0.733. The molecule has 4 heteroatoms. The fraction of sp³-hybridized carbons (Fsp3) is 0.273. The minimum absolute atomic E-state index is 0.733. The lowest BCUT2D eigenvalue weighted by Crippen LogP contribution is -2.17. The first-order valence-electron chi connectivity index (χ1n) is 4.90. The van der Waals surface area contributed by atoms with Crippen LogP contribution in [0, 0.1) is 13.8 Å². The van der Waals surface area contributed by atoms with Gasteiger partial charge in [0.2, 0.25) is 0 Å². The number of nitrogens with one attached hydrogen (secondary N) is 1. The number of nitrogens with zero attached hydrogens (tertiary/aromatic N) is 3. The van der Waals surface area contributed by atoms with Crippen molar-refractivity contribution < 1.29 is 0 Å². The second-order valence-corrected chi connectivity index (χ2v) is 3.53. The SMILES string of the molecule is Cc1ccc(C)n1NCc1cncnc1. The van der Waals surface area contributed by atoms with Gasteiger partial charge in [-0.2, -0.15) is 0 Å². The Balaban J connectivity index is 2.05. The molecule has 0 atom stereocenters. The van der Waals surface area contributed by atoms with Gasteiger partial charge in [-0.15, -0.1) is 0 Å². The maximum Gasteiger partial charge on any atom is 0.115 e. The van der Waals surface area contributed by atoms with Gasteiger partial charge >= 0.3 is 0 Å². The third kappa shape index (κ3) is 2.15. The number of hydrogen-bond acceptors (Lipinski definition) is 3. The highest BCUT2D eigenvalue weighted by molar-refractivity contribution is 5.16. The van der Waals surface area contributed by atoms with E-state index >= 15 is 0 Å². The highest BCUT2D eigenvalue weighted by Crippen LogP contribution is 2.05. The Morgan fingerprint density at radius 1 is 1.13 bits per heavy atom. The molecule has 0 amide bonds. The van der Waals surface area contributed by atoms with Crippen molar-refractivity contribution in [1.82, 2.24) is 14.6 Å². The number of aryl methyl sites for hydroxylation is 2. The normalized spacial score (nSPS) is 10.3. The summed E-state index contributed by atoms with van der Waals surface area (Å²) in [6.07, 6.45) is 5.16. The molecule has 1 N–H and O–H groups in total. The van der Waals surface area contributed by atoms with Crippen LogP contribution in [0.25, 0.3) is 0 Å². The summed E-state index contributed by atoms with van der Waals surface area (Å²) in [5.41, 5.74) is 6.79. The van der Waals surface area contributed by atoms with Crippen LogP contribution in [0.5, 0.6) is 0 Å². The van der Waals surface area contributed by atoms with Gasteiger partial charge in [-0.3, -0.25) is 4.68 Å². The first-order valence-corrected chi connectivity index (χ1v) is 4.90. The molecule has 4 nitrogen and oxygen atoms in total. The fourth-order valence-electron chi connectivity index (χ4n) is 1.51. The zero-order valence-electron chi connectivity index (χ0n) is 8.94. The lowest BCUT2D eigenvalue weighted by molar-refractivity contribution is 0.787. The molecule has 0 radical (unpaired) electrons. The zero-order chi connectivity index (χ0) is 10.7. The lowest BCUT2D eigenvalue weighted by Gasteiger charge is -2.11. The maximum absolute atomic E-state index is 3.97. The van der Waals surface area contributed by atoms with Crippen molar-refractivity contribution in [3.8, 4) is 0 Å². The molecule has 2 aromatic rings. The molecule has 0 aliphatic heterocycles. The van der Waals surface area contributed by atoms with Crippen LogP contribution in [-0.4, -0.2) is 14.6 Å². The van der Waals surface area contributed by atoms with Crippen LogP contribution in [-0.2, 0) is 6.54 Å². The van der Waals surface area contributed by atoms with Gasteiger partial charge in [-0.1, -0.05) is 0 Å². The molecule has 0 unspecified atom stereocenters. The Morgan fingerprint density at radius 2 is 1.73 bits per heavy atom. The third-order valence-electron chi connectivity index (χ3n) is 2.33. The summed E-state index contributed by atoms with van der Waals surface area (Å²) in [6, 6.07) is 4.17. The minimum Gasteiger partial charge on any atom is -0.321 e. The van der Waals surface area contributed by atoms with Crippen LogP contribution >= 0.6 is 0 Å². The van der Waals surface area contributed by atoms with Crippen molar-refractivity contribution >= 4 is 0 Å². The standard InChI is InChI=1S/C11H14N4/c1-9-3-4-10(2)15(9)14-7-11-5-12-8-13-6-11/h3-6,8,14H,7H2,1-2H3. The smallest absolute Gasteiger partial charge is 0.115 e. The first-order chi connectivity index (χ1) is 7.27. The van der Waals surface area contributed by atoms with Crippen LogP contribution in [0.15, 0.2) is 30.9 Å². The Kier molecular flexibility index (Phi) is 2.67. The third-order valence-corrected chi connectivity index (χ3v) is 2.33. The molecule has 0 fully saturated rings. The quantitative estimate of drug-likeness (QED) is 0.822. The Morgan fingerprint density at radius 3 is 2.33 bits per heavy atom. The Labute approximate surface area is 89.0 Å². The molecule has 78 valence electrons. The predicted octanol–water partition coefficient (Wildman–Crippen LogP) is 1.64. The number of aromatic nitrogens is 3. The summed E-state index contributed by atoms with van der Waals surface area (Å²) in [5.74, 6) is 0. The second-order valence-electron chi connectivity index (χ2n) is 3.53. The Bertz CT molecular complexity index is 414. The zero-order valence-corrected chi connectivity index (χ0v) is 8.94. The van der Waals surface area contributed by atoms with Gasteiger partial charge in [0.1, 0.15) is 6.33 Å². The van der Waals surface area contributed by atoms with Gasteiger partial charge in [0, 0.05) is 29.3 Å². The van der Waals surface area contributed by atoms with E-state index < -0.39 is 0 Å². The number of hydrogen-bond donors (Lipinski definition) is 1.